The Morgan fingerprint density at radius 2 is 2.00 bits per heavy atom. The number of carbonyl (C=O) groups excluding carboxylic acids is 2. The Balaban J connectivity index is 1.22. The van der Waals surface area contributed by atoms with Gasteiger partial charge in [0.2, 0.25) is 11.8 Å². The first kappa shape index (κ1) is 21.9. The van der Waals surface area contributed by atoms with Crippen LogP contribution < -0.4 is 9.80 Å². The van der Waals surface area contributed by atoms with Crippen molar-refractivity contribution in [1.29, 1.82) is 0 Å². The minimum absolute atomic E-state index is 0.130. The quantitative estimate of drug-likeness (QED) is 0.652. The van der Waals surface area contributed by atoms with Crippen LogP contribution in [-0.2, 0) is 16.0 Å². The normalized spacial score (nSPS) is 19.8. The molecule has 0 spiro atoms. The van der Waals surface area contributed by atoms with Crippen LogP contribution in [0, 0.1) is 19.8 Å². The average Bonchev–Trinajstić information content (AvgIpc) is 3.37. The molecule has 3 aliphatic rings. The summed E-state index contributed by atoms with van der Waals surface area (Å²) in [6.45, 7) is 6.93. The number of hydrogen-bond donors (Lipinski definition) is 0. The molecular weight excluding hydrogens is 414 g/mol. The second-order valence-electron chi connectivity index (χ2n) is 9.93. The van der Waals surface area contributed by atoms with E-state index in [9.17, 15) is 9.59 Å². The van der Waals surface area contributed by atoms with Crippen molar-refractivity contribution in [2.45, 2.75) is 51.9 Å². The molecule has 1 atom stereocenters. The summed E-state index contributed by atoms with van der Waals surface area (Å²) in [5, 5.41) is 0. The number of aryl methyl sites for hydroxylation is 2. The van der Waals surface area contributed by atoms with Gasteiger partial charge in [-0.15, -0.1) is 0 Å². The van der Waals surface area contributed by atoms with Crippen molar-refractivity contribution in [3.8, 4) is 0 Å². The summed E-state index contributed by atoms with van der Waals surface area (Å²) in [5.41, 5.74) is 4.24. The monoisotopic (exact) mass is 447 g/mol. The SMILES string of the molecule is Cc1cccc(N(C)CCC(=O)N2CC[C@H](c3nc(C)c4c(n3)N(CC3CC3)C(=O)C4)C2)c1. The highest BCUT2D eigenvalue weighted by Crippen LogP contribution is 2.37. The van der Waals surface area contributed by atoms with Crippen LogP contribution in [0.25, 0.3) is 0 Å². The lowest BCUT2D eigenvalue weighted by atomic mass is 10.1. The molecule has 33 heavy (non-hydrogen) atoms. The van der Waals surface area contributed by atoms with Crippen molar-refractivity contribution in [1.82, 2.24) is 14.9 Å². The molecule has 7 nitrogen and oxygen atoms in total. The molecule has 1 saturated carbocycles. The van der Waals surface area contributed by atoms with Crippen LogP contribution in [0.4, 0.5) is 11.5 Å². The molecular formula is C26H33N5O2. The molecule has 0 unspecified atom stereocenters. The first-order valence-corrected chi connectivity index (χ1v) is 12.1. The number of benzene rings is 1. The van der Waals surface area contributed by atoms with E-state index in [4.69, 9.17) is 9.97 Å². The lowest BCUT2D eigenvalue weighted by molar-refractivity contribution is -0.130. The Hall–Kier alpha value is -2.96. The van der Waals surface area contributed by atoms with Crippen LogP contribution in [0.3, 0.4) is 0 Å². The summed E-state index contributed by atoms with van der Waals surface area (Å²) >= 11 is 0. The summed E-state index contributed by atoms with van der Waals surface area (Å²) in [4.78, 5) is 41.1. The molecule has 1 aliphatic carbocycles. The van der Waals surface area contributed by atoms with Gasteiger partial charge in [-0.25, -0.2) is 9.97 Å². The molecule has 5 rings (SSSR count). The van der Waals surface area contributed by atoms with E-state index in [-0.39, 0.29) is 17.7 Å². The number of carbonyl (C=O) groups is 2. The minimum Gasteiger partial charge on any atom is -0.374 e. The van der Waals surface area contributed by atoms with Gasteiger partial charge in [-0.1, -0.05) is 12.1 Å². The van der Waals surface area contributed by atoms with Gasteiger partial charge in [0.15, 0.2) is 0 Å². The van der Waals surface area contributed by atoms with Gasteiger partial charge in [0.05, 0.1) is 6.42 Å². The van der Waals surface area contributed by atoms with E-state index >= 15 is 0 Å². The third-order valence-corrected chi connectivity index (χ3v) is 7.24. The summed E-state index contributed by atoms with van der Waals surface area (Å²) in [6, 6.07) is 8.35. The van der Waals surface area contributed by atoms with Gasteiger partial charge in [-0.05, 0) is 56.7 Å². The van der Waals surface area contributed by atoms with Gasteiger partial charge in [0.25, 0.3) is 0 Å². The van der Waals surface area contributed by atoms with Crippen molar-refractivity contribution in [3.05, 3.63) is 46.9 Å². The van der Waals surface area contributed by atoms with Crippen molar-refractivity contribution < 1.29 is 9.59 Å². The van der Waals surface area contributed by atoms with Gasteiger partial charge in [-0.2, -0.15) is 0 Å². The standard InChI is InChI=1S/C26H33N5O2/c1-17-5-4-6-21(13-17)29(3)11-10-23(32)30-12-9-20(16-30)25-27-18(2)22-14-24(33)31(26(22)28-25)15-19-7-8-19/h4-6,13,19-20H,7-12,14-16H2,1-3H3/t20-/m0/s1. The minimum atomic E-state index is 0.130. The van der Waals surface area contributed by atoms with Crippen molar-refractivity contribution in [3.63, 3.8) is 0 Å². The smallest absolute Gasteiger partial charge is 0.232 e. The zero-order valence-corrected chi connectivity index (χ0v) is 19.9. The van der Waals surface area contributed by atoms with Crippen LogP contribution in [-0.4, -0.2) is 59.9 Å². The fourth-order valence-corrected chi connectivity index (χ4v) is 4.94. The fourth-order valence-electron chi connectivity index (χ4n) is 4.94. The topological polar surface area (TPSA) is 69.6 Å². The van der Waals surface area contributed by atoms with Gasteiger partial charge >= 0.3 is 0 Å². The van der Waals surface area contributed by atoms with Gasteiger partial charge in [-0.3, -0.25) is 14.5 Å². The zero-order valence-electron chi connectivity index (χ0n) is 19.9. The molecule has 174 valence electrons. The lowest BCUT2D eigenvalue weighted by Crippen LogP contribution is -2.32. The molecule has 2 amide bonds. The average molecular weight is 448 g/mol. The first-order valence-electron chi connectivity index (χ1n) is 12.1. The number of nitrogens with zero attached hydrogens (tertiary/aromatic N) is 5. The third kappa shape index (κ3) is 4.59. The number of fused-ring (bicyclic) bond motifs is 1. The summed E-state index contributed by atoms with van der Waals surface area (Å²) in [7, 11) is 2.03. The summed E-state index contributed by atoms with van der Waals surface area (Å²) in [6.07, 6.45) is 4.18. The second kappa shape index (κ2) is 8.76. The van der Waals surface area contributed by atoms with Crippen LogP contribution in [0.15, 0.2) is 24.3 Å². The predicted octanol–water partition coefficient (Wildman–Crippen LogP) is 3.23. The molecule has 1 saturated heterocycles. The Morgan fingerprint density at radius 1 is 1.18 bits per heavy atom. The van der Waals surface area contributed by atoms with E-state index in [1.807, 2.05) is 29.8 Å². The highest BCUT2D eigenvalue weighted by molar-refractivity contribution is 6.00. The maximum Gasteiger partial charge on any atom is 0.232 e. The number of aromatic nitrogens is 2. The van der Waals surface area contributed by atoms with Gasteiger partial charge in [0.1, 0.15) is 11.6 Å². The van der Waals surface area contributed by atoms with E-state index in [1.54, 1.807) is 0 Å². The number of amides is 2. The molecule has 0 radical (unpaired) electrons. The number of likely N-dealkylation sites (tertiary alicyclic amines) is 1. The van der Waals surface area contributed by atoms with Crippen LogP contribution in [0.2, 0.25) is 0 Å². The second-order valence-corrected chi connectivity index (χ2v) is 9.93. The molecule has 1 aromatic carbocycles. The van der Waals surface area contributed by atoms with E-state index in [0.29, 0.717) is 31.8 Å². The van der Waals surface area contributed by atoms with Crippen molar-refractivity contribution in [2.24, 2.45) is 5.92 Å². The zero-order chi connectivity index (χ0) is 23.1. The van der Waals surface area contributed by atoms with Gasteiger partial charge < -0.3 is 9.80 Å². The van der Waals surface area contributed by atoms with E-state index in [2.05, 4.69) is 30.0 Å². The summed E-state index contributed by atoms with van der Waals surface area (Å²) in [5.74, 6) is 2.68. The van der Waals surface area contributed by atoms with Crippen LogP contribution >= 0.6 is 0 Å². The first-order chi connectivity index (χ1) is 15.9. The highest BCUT2D eigenvalue weighted by atomic mass is 16.2. The maximum absolute atomic E-state index is 12.9. The van der Waals surface area contributed by atoms with E-state index < -0.39 is 0 Å². The molecule has 2 aliphatic heterocycles. The molecule has 1 aromatic heterocycles. The Kier molecular flexibility index (Phi) is 5.81. The van der Waals surface area contributed by atoms with E-state index in [1.165, 1.54) is 18.4 Å². The molecule has 0 bridgehead atoms. The Bertz CT molecular complexity index is 1080. The Labute approximate surface area is 195 Å². The lowest BCUT2D eigenvalue weighted by Gasteiger charge is -2.22. The molecule has 2 aromatic rings. The number of hydrogen-bond acceptors (Lipinski definition) is 5. The van der Waals surface area contributed by atoms with Crippen molar-refractivity contribution in [2.75, 3.05) is 43.0 Å². The molecule has 0 N–H and O–H groups in total. The largest absolute Gasteiger partial charge is 0.374 e. The number of anilines is 2. The molecule has 7 heteroatoms. The number of rotatable bonds is 7. The Morgan fingerprint density at radius 3 is 2.76 bits per heavy atom. The predicted molar refractivity (Wildman–Crippen MR) is 129 cm³/mol. The maximum atomic E-state index is 12.9. The van der Waals surface area contributed by atoms with E-state index in [0.717, 1.165) is 48.1 Å². The fraction of sp³-hybridized carbons (Fsp3) is 0.538. The van der Waals surface area contributed by atoms with Gasteiger partial charge in [0, 0.05) is 62.5 Å². The van der Waals surface area contributed by atoms with Crippen LogP contribution in [0.1, 0.15) is 54.2 Å². The highest BCUT2D eigenvalue weighted by Gasteiger charge is 2.37. The van der Waals surface area contributed by atoms with Crippen molar-refractivity contribution >= 4 is 23.3 Å². The molecule has 3 heterocycles. The summed E-state index contributed by atoms with van der Waals surface area (Å²) < 4.78 is 0. The third-order valence-electron chi connectivity index (χ3n) is 7.24. The molecule has 2 fully saturated rings. The van der Waals surface area contributed by atoms with Crippen LogP contribution in [0.5, 0.6) is 0 Å².